The van der Waals surface area contributed by atoms with Crippen molar-refractivity contribution >= 4 is 5.69 Å². The number of nitrogens with zero attached hydrogens (tertiary/aromatic N) is 1. The summed E-state index contributed by atoms with van der Waals surface area (Å²) in [6, 6.07) is 15.0. The van der Waals surface area contributed by atoms with Gasteiger partial charge in [0.15, 0.2) is 0 Å². The first-order valence-corrected chi connectivity index (χ1v) is 8.86. The highest BCUT2D eigenvalue weighted by Crippen LogP contribution is 2.22. The van der Waals surface area contributed by atoms with Crippen LogP contribution in [-0.2, 0) is 6.54 Å². The Bertz CT molecular complexity index is 580. The van der Waals surface area contributed by atoms with E-state index < -0.39 is 0 Å². The van der Waals surface area contributed by atoms with Gasteiger partial charge >= 0.3 is 0 Å². The number of unbranched alkanes of at least 4 members (excludes halogenated alkanes) is 4. The zero-order valence-corrected chi connectivity index (χ0v) is 14.8. The van der Waals surface area contributed by atoms with Crippen molar-refractivity contribution in [1.29, 1.82) is 0 Å². The first kappa shape index (κ1) is 18.3. The highest BCUT2D eigenvalue weighted by Gasteiger charge is 2.08. The van der Waals surface area contributed by atoms with Crippen LogP contribution in [0.2, 0.25) is 0 Å². The van der Waals surface area contributed by atoms with Crippen LogP contribution in [0.1, 0.15) is 44.6 Å². The lowest BCUT2D eigenvalue weighted by Gasteiger charge is -2.25. The number of rotatable bonds is 10. The summed E-state index contributed by atoms with van der Waals surface area (Å²) < 4.78 is 18.4. The SMILES string of the molecule is CCCCCCCN(Cc1ccc(F)cc1)c1ccc(OC)cc1. The quantitative estimate of drug-likeness (QED) is 0.510. The maximum Gasteiger partial charge on any atom is 0.123 e. The van der Waals surface area contributed by atoms with Crippen LogP contribution in [-0.4, -0.2) is 13.7 Å². The lowest BCUT2D eigenvalue weighted by atomic mass is 10.1. The Morgan fingerprint density at radius 1 is 0.875 bits per heavy atom. The molecule has 0 aliphatic heterocycles. The predicted molar refractivity (Wildman–Crippen MR) is 99.2 cm³/mol. The van der Waals surface area contributed by atoms with Gasteiger partial charge in [0.1, 0.15) is 11.6 Å². The summed E-state index contributed by atoms with van der Waals surface area (Å²) in [7, 11) is 1.68. The Balaban J connectivity index is 2.03. The van der Waals surface area contributed by atoms with Gasteiger partial charge in [-0.15, -0.1) is 0 Å². The first-order chi connectivity index (χ1) is 11.7. The normalized spacial score (nSPS) is 10.6. The average Bonchev–Trinajstić information content (AvgIpc) is 2.62. The third-order valence-corrected chi connectivity index (χ3v) is 4.26. The monoisotopic (exact) mass is 329 g/mol. The fourth-order valence-electron chi connectivity index (χ4n) is 2.81. The van der Waals surface area contributed by atoms with Crippen molar-refractivity contribution in [3.05, 3.63) is 59.9 Å². The summed E-state index contributed by atoms with van der Waals surface area (Å²) in [5.41, 5.74) is 2.30. The molecular weight excluding hydrogens is 301 g/mol. The molecule has 0 atom stereocenters. The zero-order chi connectivity index (χ0) is 17.2. The minimum Gasteiger partial charge on any atom is -0.497 e. The van der Waals surface area contributed by atoms with E-state index in [9.17, 15) is 4.39 Å². The Kier molecular flexibility index (Phi) is 7.60. The van der Waals surface area contributed by atoms with Gasteiger partial charge in [-0.2, -0.15) is 0 Å². The number of hydrogen-bond acceptors (Lipinski definition) is 2. The van der Waals surface area contributed by atoms with Crippen molar-refractivity contribution in [3.8, 4) is 5.75 Å². The Morgan fingerprint density at radius 2 is 1.54 bits per heavy atom. The molecule has 130 valence electrons. The van der Waals surface area contributed by atoms with Crippen LogP contribution in [0.5, 0.6) is 5.75 Å². The number of halogens is 1. The molecule has 3 heteroatoms. The lowest BCUT2D eigenvalue weighted by Crippen LogP contribution is -2.23. The molecule has 0 aromatic heterocycles. The molecule has 0 amide bonds. The third-order valence-electron chi connectivity index (χ3n) is 4.26. The van der Waals surface area contributed by atoms with Gasteiger partial charge in [-0.1, -0.05) is 44.7 Å². The van der Waals surface area contributed by atoms with E-state index >= 15 is 0 Å². The molecule has 0 aliphatic carbocycles. The Morgan fingerprint density at radius 3 is 2.17 bits per heavy atom. The van der Waals surface area contributed by atoms with Crippen LogP contribution in [0.4, 0.5) is 10.1 Å². The standard InChI is InChI=1S/C21H28FNO/c1-3-4-5-6-7-16-23(17-18-8-10-19(22)11-9-18)20-12-14-21(24-2)15-13-20/h8-15H,3-7,16-17H2,1-2H3. The van der Waals surface area contributed by atoms with Gasteiger partial charge in [0.25, 0.3) is 0 Å². The third kappa shape index (κ3) is 5.88. The van der Waals surface area contributed by atoms with Gasteiger partial charge in [-0.05, 0) is 48.4 Å². The summed E-state index contributed by atoms with van der Waals surface area (Å²) in [4.78, 5) is 2.36. The summed E-state index contributed by atoms with van der Waals surface area (Å²) in [5, 5.41) is 0. The van der Waals surface area contributed by atoms with Gasteiger partial charge in [-0.3, -0.25) is 0 Å². The number of benzene rings is 2. The van der Waals surface area contributed by atoms with Crippen LogP contribution in [0, 0.1) is 5.82 Å². The Hall–Kier alpha value is -2.03. The molecule has 0 aliphatic rings. The van der Waals surface area contributed by atoms with Crippen molar-refractivity contribution in [2.24, 2.45) is 0 Å². The summed E-state index contributed by atoms with van der Waals surface area (Å²) in [6.45, 7) is 4.03. The van der Waals surface area contributed by atoms with Crippen molar-refractivity contribution in [3.63, 3.8) is 0 Å². The maximum absolute atomic E-state index is 13.1. The molecule has 0 fully saturated rings. The number of anilines is 1. The largest absolute Gasteiger partial charge is 0.497 e. The smallest absolute Gasteiger partial charge is 0.123 e. The lowest BCUT2D eigenvalue weighted by molar-refractivity contribution is 0.415. The molecule has 2 rings (SSSR count). The molecule has 2 aromatic carbocycles. The van der Waals surface area contributed by atoms with E-state index in [4.69, 9.17) is 4.74 Å². The highest BCUT2D eigenvalue weighted by molar-refractivity contribution is 5.49. The second-order valence-electron chi connectivity index (χ2n) is 6.16. The van der Waals surface area contributed by atoms with E-state index in [2.05, 4.69) is 24.0 Å². The van der Waals surface area contributed by atoms with E-state index in [-0.39, 0.29) is 5.82 Å². The van der Waals surface area contributed by atoms with Crippen molar-refractivity contribution in [2.45, 2.75) is 45.6 Å². The maximum atomic E-state index is 13.1. The van der Waals surface area contributed by atoms with Gasteiger partial charge in [0.2, 0.25) is 0 Å². The van der Waals surface area contributed by atoms with Crippen LogP contribution in [0.3, 0.4) is 0 Å². The summed E-state index contributed by atoms with van der Waals surface area (Å²) in [6.07, 6.45) is 6.29. The van der Waals surface area contributed by atoms with E-state index in [1.54, 1.807) is 7.11 Å². The van der Waals surface area contributed by atoms with Gasteiger partial charge in [0.05, 0.1) is 7.11 Å². The zero-order valence-electron chi connectivity index (χ0n) is 14.8. The van der Waals surface area contributed by atoms with E-state index in [1.165, 1.54) is 49.9 Å². The van der Waals surface area contributed by atoms with Gasteiger partial charge in [0, 0.05) is 18.8 Å². The average molecular weight is 329 g/mol. The molecule has 0 radical (unpaired) electrons. The number of ether oxygens (including phenoxy) is 1. The van der Waals surface area contributed by atoms with E-state index in [0.717, 1.165) is 24.4 Å². The van der Waals surface area contributed by atoms with Crippen molar-refractivity contribution in [2.75, 3.05) is 18.6 Å². The molecule has 2 nitrogen and oxygen atoms in total. The van der Waals surface area contributed by atoms with Gasteiger partial charge < -0.3 is 9.64 Å². The minimum atomic E-state index is -0.186. The highest BCUT2D eigenvalue weighted by atomic mass is 19.1. The fraction of sp³-hybridized carbons (Fsp3) is 0.429. The molecular formula is C21H28FNO. The predicted octanol–water partition coefficient (Wildman–Crippen LogP) is 5.81. The molecule has 0 N–H and O–H groups in total. The van der Waals surface area contributed by atoms with Crippen LogP contribution >= 0.6 is 0 Å². The fourth-order valence-corrected chi connectivity index (χ4v) is 2.81. The van der Waals surface area contributed by atoms with Crippen LogP contribution in [0.15, 0.2) is 48.5 Å². The molecule has 2 aromatic rings. The second kappa shape index (κ2) is 9.96. The minimum absolute atomic E-state index is 0.186. The molecule has 24 heavy (non-hydrogen) atoms. The summed E-state index contributed by atoms with van der Waals surface area (Å²) >= 11 is 0. The molecule has 0 saturated carbocycles. The molecule has 0 spiro atoms. The number of hydrogen-bond donors (Lipinski definition) is 0. The molecule has 0 saturated heterocycles. The topological polar surface area (TPSA) is 12.5 Å². The summed E-state index contributed by atoms with van der Waals surface area (Å²) in [5.74, 6) is 0.678. The van der Waals surface area contributed by atoms with Crippen LogP contribution in [0.25, 0.3) is 0 Å². The second-order valence-corrected chi connectivity index (χ2v) is 6.16. The first-order valence-electron chi connectivity index (χ1n) is 8.86. The van der Waals surface area contributed by atoms with Gasteiger partial charge in [-0.25, -0.2) is 4.39 Å². The van der Waals surface area contributed by atoms with Crippen molar-refractivity contribution in [1.82, 2.24) is 0 Å². The number of methoxy groups -OCH3 is 1. The Labute approximate surface area is 145 Å². The molecule has 0 heterocycles. The van der Waals surface area contributed by atoms with E-state index in [0.29, 0.717) is 0 Å². The van der Waals surface area contributed by atoms with Crippen LogP contribution < -0.4 is 9.64 Å². The van der Waals surface area contributed by atoms with Crippen molar-refractivity contribution < 1.29 is 9.13 Å². The van der Waals surface area contributed by atoms with E-state index in [1.807, 2.05) is 24.3 Å². The molecule has 0 bridgehead atoms. The molecule has 0 unspecified atom stereocenters.